The van der Waals surface area contributed by atoms with Crippen molar-refractivity contribution < 1.29 is 19.1 Å². The number of aromatic nitrogens is 2. The van der Waals surface area contributed by atoms with E-state index in [1.165, 1.54) is 38.1 Å². The molecule has 0 saturated carbocycles. The van der Waals surface area contributed by atoms with Gasteiger partial charge in [0.15, 0.2) is 0 Å². The van der Waals surface area contributed by atoms with Crippen molar-refractivity contribution in [1.82, 2.24) is 20.6 Å². The molecule has 0 saturated heterocycles. The van der Waals surface area contributed by atoms with Gasteiger partial charge in [0.05, 0.1) is 31.7 Å². The van der Waals surface area contributed by atoms with Gasteiger partial charge in [-0.25, -0.2) is 4.68 Å². The summed E-state index contributed by atoms with van der Waals surface area (Å²) in [6.07, 6.45) is -0.115. The van der Waals surface area contributed by atoms with E-state index < -0.39 is 11.8 Å². The Bertz CT molecular complexity index is 1120. The van der Waals surface area contributed by atoms with Gasteiger partial charge < -0.3 is 9.47 Å². The van der Waals surface area contributed by atoms with E-state index >= 15 is 0 Å². The number of nitrogens with zero attached hydrogens (tertiary/aromatic N) is 2. The molecular formula is C20H20N4O5. The first-order chi connectivity index (χ1) is 13.9. The lowest BCUT2D eigenvalue weighted by molar-refractivity contribution is -0.121. The van der Waals surface area contributed by atoms with Crippen LogP contribution in [-0.2, 0) is 18.3 Å². The third kappa shape index (κ3) is 4.34. The second kappa shape index (κ2) is 8.42. The van der Waals surface area contributed by atoms with Crippen molar-refractivity contribution in [3.63, 3.8) is 0 Å². The first kappa shape index (κ1) is 19.9. The van der Waals surface area contributed by atoms with Crippen LogP contribution in [0.5, 0.6) is 11.5 Å². The maximum Gasteiger partial charge on any atom is 0.274 e. The fraction of sp³-hybridized carbons (Fsp3) is 0.200. The van der Waals surface area contributed by atoms with Crippen molar-refractivity contribution in [3.05, 3.63) is 64.1 Å². The molecule has 0 aliphatic carbocycles. The quantitative estimate of drug-likeness (QED) is 0.621. The molecule has 9 nitrogen and oxygen atoms in total. The standard InChI is InChI=1S/C20H20N4O5/c1-24-20(27)16-7-5-4-6-15(16)17(23-24)11-18(25)21-22-19(26)12-8-13(28-2)10-14(9-12)29-3/h4-10H,11H2,1-3H3,(H,21,25)(H,22,26). The summed E-state index contributed by atoms with van der Waals surface area (Å²) in [5.74, 6) is -0.123. The van der Waals surface area contributed by atoms with Gasteiger partial charge >= 0.3 is 0 Å². The maximum atomic E-state index is 12.4. The SMILES string of the molecule is COc1cc(OC)cc(C(=O)NNC(=O)Cc2nn(C)c(=O)c3ccccc23)c1. The number of nitrogens with one attached hydrogen (secondary N) is 2. The summed E-state index contributed by atoms with van der Waals surface area (Å²) in [6.45, 7) is 0. The molecule has 0 bridgehead atoms. The average molecular weight is 396 g/mol. The van der Waals surface area contributed by atoms with Crippen LogP contribution in [0, 0.1) is 0 Å². The van der Waals surface area contributed by atoms with Crippen molar-refractivity contribution in [1.29, 1.82) is 0 Å². The molecule has 2 N–H and O–H groups in total. The highest BCUT2D eigenvalue weighted by atomic mass is 16.5. The van der Waals surface area contributed by atoms with Gasteiger partial charge in [-0.3, -0.25) is 25.2 Å². The van der Waals surface area contributed by atoms with Gasteiger partial charge in [-0.2, -0.15) is 5.10 Å². The van der Waals surface area contributed by atoms with Gasteiger partial charge in [-0.1, -0.05) is 18.2 Å². The highest BCUT2D eigenvalue weighted by Gasteiger charge is 2.14. The van der Waals surface area contributed by atoms with Gasteiger partial charge in [0.2, 0.25) is 5.91 Å². The first-order valence-corrected chi connectivity index (χ1v) is 8.70. The molecule has 0 aliphatic rings. The number of carbonyl (C=O) groups excluding carboxylic acids is 2. The second-order valence-corrected chi connectivity index (χ2v) is 6.20. The van der Waals surface area contributed by atoms with Crippen LogP contribution < -0.4 is 25.9 Å². The fourth-order valence-electron chi connectivity index (χ4n) is 2.84. The number of aryl methyl sites for hydroxylation is 1. The van der Waals surface area contributed by atoms with E-state index in [0.29, 0.717) is 28.0 Å². The molecule has 3 aromatic rings. The van der Waals surface area contributed by atoms with E-state index in [4.69, 9.17) is 9.47 Å². The number of benzene rings is 2. The minimum atomic E-state index is -0.533. The Labute approximate surface area is 166 Å². The Balaban J connectivity index is 1.73. The molecule has 9 heteroatoms. The Hall–Kier alpha value is -3.88. The van der Waals surface area contributed by atoms with E-state index in [1.807, 2.05) is 0 Å². The van der Waals surface area contributed by atoms with E-state index in [2.05, 4.69) is 16.0 Å². The molecule has 0 atom stereocenters. The molecule has 0 aliphatic heterocycles. The van der Waals surface area contributed by atoms with Crippen LogP contribution >= 0.6 is 0 Å². The number of methoxy groups -OCH3 is 2. The lowest BCUT2D eigenvalue weighted by atomic mass is 10.1. The normalized spacial score (nSPS) is 10.4. The molecular weight excluding hydrogens is 376 g/mol. The summed E-state index contributed by atoms with van der Waals surface area (Å²) in [5, 5.41) is 5.23. The minimum Gasteiger partial charge on any atom is -0.497 e. The lowest BCUT2D eigenvalue weighted by Gasteiger charge is -2.11. The Morgan fingerprint density at radius 2 is 1.62 bits per heavy atom. The van der Waals surface area contributed by atoms with Gasteiger partial charge in [-0.05, 0) is 18.2 Å². The molecule has 150 valence electrons. The number of amides is 2. The molecule has 0 radical (unpaired) electrons. The summed E-state index contributed by atoms with van der Waals surface area (Å²) >= 11 is 0. The first-order valence-electron chi connectivity index (χ1n) is 8.70. The van der Waals surface area contributed by atoms with Crippen molar-refractivity contribution in [2.45, 2.75) is 6.42 Å². The van der Waals surface area contributed by atoms with E-state index in [0.717, 1.165) is 0 Å². The monoisotopic (exact) mass is 396 g/mol. The lowest BCUT2D eigenvalue weighted by Crippen LogP contribution is -2.42. The van der Waals surface area contributed by atoms with Crippen LogP contribution in [0.25, 0.3) is 10.8 Å². The number of rotatable bonds is 5. The minimum absolute atomic E-state index is 0.115. The van der Waals surface area contributed by atoms with E-state index in [1.54, 1.807) is 30.3 Å². The van der Waals surface area contributed by atoms with Crippen LogP contribution in [0.3, 0.4) is 0 Å². The maximum absolute atomic E-state index is 12.4. The molecule has 2 aromatic carbocycles. The molecule has 0 fully saturated rings. The van der Waals surface area contributed by atoms with Crippen LogP contribution in [0.4, 0.5) is 0 Å². The summed E-state index contributed by atoms with van der Waals surface area (Å²) in [4.78, 5) is 36.8. The smallest absolute Gasteiger partial charge is 0.274 e. The Kier molecular flexibility index (Phi) is 5.77. The molecule has 0 spiro atoms. The summed E-state index contributed by atoms with van der Waals surface area (Å²) in [7, 11) is 4.47. The largest absolute Gasteiger partial charge is 0.497 e. The van der Waals surface area contributed by atoms with Crippen LogP contribution in [0.2, 0.25) is 0 Å². The van der Waals surface area contributed by atoms with Crippen LogP contribution in [0.1, 0.15) is 16.1 Å². The zero-order valence-electron chi connectivity index (χ0n) is 16.2. The number of hydrazine groups is 1. The molecule has 29 heavy (non-hydrogen) atoms. The second-order valence-electron chi connectivity index (χ2n) is 6.20. The number of hydrogen-bond donors (Lipinski definition) is 2. The summed E-state index contributed by atoms with van der Waals surface area (Å²) in [5.41, 5.74) is 5.14. The number of hydrogen-bond acceptors (Lipinski definition) is 6. The third-order valence-electron chi connectivity index (χ3n) is 4.29. The number of fused-ring (bicyclic) bond motifs is 1. The highest BCUT2D eigenvalue weighted by molar-refractivity contribution is 5.96. The fourth-order valence-corrected chi connectivity index (χ4v) is 2.84. The van der Waals surface area contributed by atoms with Gasteiger partial charge in [-0.15, -0.1) is 0 Å². The van der Waals surface area contributed by atoms with Crippen LogP contribution in [0.15, 0.2) is 47.3 Å². The number of carbonyl (C=O) groups is 2. The van der Waals surface area contributed by atoms with E-state index in [-0.39, 0.29) is 17.5 Å². The predicted octanol–water partition coefficient (Wildman–Crippen LogP) is 0.954. The van der Waals surface area contributed by atoms with Crippen molar-refractivity contribution in [3.8, 4) is 11.5 Å². The predicted molar refractivity (Wildman–Crippen MR) is 106 cm³/mol. The zero-order valence-corrected chi connectivity index (χ0v) is 16.2. The topological polar surface area (TPSA) is 112 Å². The Morgan fingerprint density at radius 1 is 1.00 bits per heavy atom. The van der Waals surface area contributed by atoms with E-state index in [9.17, 15) is 14.4 Å². The van der Waals surface area contributed by atoms with Crippen LogP contribution in [-0.4, -0.2) is 35.8 Å². The van der Waals surface area contributed by atoms with Crippen molar-refractivity contribution >= 4 is 22.6 Å². The third-order valence-corrected chi connectivity index (χ3v) is 4.29. The van der Waals surface area contributed by atoms with Gasteiger partial charge in [0, 0.05) is 24.1 Å². The summed E-state index contributed by atoms with van der Waals surface area (Å²) in [6, 6.07) is 11.6. The van der Waals surface area contributed by atoms with Gasteiger partial charge in [0.25, 0.3) is 11.5 Å². The number of ether oxygens (including phenoxy) is 2. The molecule has 0 unspecified atom stereocenters. The van der Waals surface area contributed by atoms with Gasteiger partial charge in [0.1, 0.15) is 11.5 Å². The Morgan fingerprint density at radius 3 is 2.24 bits per heavy atom. The molecule has 1 heterocycles. The average Bonchev–Trinajstić information content (AvgIpc) is 2.75. The molecule has 2 amide bonds. The molecule has 1 aromatic heterocycles. The summed E-state index contributed by atoms with van der Waals surface area (Å²) < 4.78 is 11.4. The zero-order chi connectivity index (χ0) is 21.0. The van der Waals surface area contributed by atoms with Crippen molar-refractivity contribution in [2.24, 2.45) is 7.05 Å². The molecule has 3 rings (SSSR count). The van der Waals surface area contributed by atoms with Crippen molar-refractivity contribution in [2.75, 3.05) is 14.2 Å². The highest BCUT2D eigenvalue weighted by Crippen LogP contribution is 2.22.